The molecule has 3 nitrogen and oxygen atoms in total. The summed E-state index contributed by atoms with van der Waals surface area (Å²) in [5.41, 5.74) is -0.0991. The van der Waals surface area contributed by atoms with E-state index in [1.54, 1.807) is 13.8 Å². The second-order valence-corrected chi connectivity index (χ2v) is 4.01. The minimum absolute atomic E-state index is 0.0991. The summed E-state index contributed by atoms with van der Waals surface area (Å²) in [5.74, 6) is -2.12. The van der Waals surface area contributed by atoms with Crippen LogP contribution in [0.5, 0.6) is 0 Å². The van der Waals surface area contributed by atoms with Crippen molar-refractivity contribution in [1.29, 1.82) is 0 Å². The molecule has 1 rings (SSSR count). The van der Waals surface area contributed by atoms with Crippen LogP contribution in [0.15, 0.2) is 12.1 Å². The highest BCUT2D eigenvalue weighted by Crippen LogP contribution is 2.27. The number of halogens is 3. The van der Waals surface area contributed by atoms with Gasteiger partial charge in [0.15, 0.2) is 5.82 Å². The third-order valence-electron chi connectivity index (χ3n) is 2.30. The lowest BCUT2D eigenvalue weighted by Crippen LogP contribution is -2.31. The largest absolute Gasteiger partial charge is 0.464 e. The van der Waals surface area contributed by atoms with Crippen molar-refractivity contribution in [3.05, 3.63) is 28.8 Å². The van der Waals surface area contributed by atoms with Crippen molar-refractivity contribution in [2.75, 3.05) is 11.9 Å². The van der Waals surface area contributed by atoms with Gasteiger partial charge in [0, 0.05) is 6.07 Å². The van der Waals surface area contributed by atoms with Crippen molar-refractivity contribution in [2.24, 2.45) is 0 Å². The molecule has 18 heavy (non-hydrogen) atoms. The molecule has 0 saturated heterocycles. The van der Waals surface area contributed by atoms with Gasteiger partial charge in [-0.2, -0.15) is 0 Å². The normalized spacial score (nSPS) is 12.1. The summed E-state index contributed by atoms with van der Waals surface area (Å²) in [7, 11) is 0. The van der Waals surface area contributed by atoms with Crippen molar-refractivity contribution in [2.45, 2.75) is 26.3 Å². The van der Waals surface area contributed by atoms with Gasteiger partial charge in [-0.25, -0.2) is 13.6 Å². The monoisotopic (exact) mass is 277 g/mol. The van der Waals surface area contributed by atoms with E-state index in [1.165, 1.54) is 0 Å². The van der Waals surface area contributed by atoms with Crippen LogP contribution in [0.2, 0.25) is 5.02 Å². The molecule has 0 bridgehead atoms. The molecule has 100 valence electrons. The maximum absolute atomic E-state index is 13.5. The van der Waals surface area contributed by atoms with Gasteiger partial charge in [0.05, 0.1) is 17.3 Å². The van der Waals surface area contributed by atoms with Gasteiger partial charge in [-0.1, -0.05) is 18.5 Å². The van der Waals surface area contributed by atoms with Gasteiger partial charge in [-0.15, -0.1) is 0 Å². The van der Waals surface area contributed by atoms with E-state index in [4.69, 9.17) is 16.3 Å². The number of ether oxygens (including phenoxy) is 1. The number of rotatable bonds is 5. The van der Waals surface area contributed by atoms with Crippen LogP contribution in [0.25, 0.3) is 0 Å². The molecule has 1 aromatic carbocycles. The second kappa shape index (κ2) is 6.54. The Kier molecular flexibility index (Phi) is 5.34. The molecule has 1 unspecified atom stereocenters. The zero-order valence-corrected chi connectivity index (χ0v) is 10.9. The zero-order valence-electron chi connectivity index (χ0n) is 10.1. The van der Waals surface area contributed by atoms with E-state index in [2.05, 4.69) is 5.32 Å². The predicted octanol–water partition coefficient (Wildman–Crippen LogP) is 3.37. The molecule has 6 heteroatoms. The van der Waals surface area contributed by atoms with Crippen LogP contribution < -0.4 is 5.32 Å². The molecule has 0 amide bonds. The first-order valence-electron chi connectivity index (χ1n) is 5.57. The summed E-state index contributed by atoms with van der Waals surface area (Å²) in [6, 6.07) is 0.958. The van der Waals surface area contributed by atoms with Crippen LogP contribution >= 0.6 is 11.6 Å². The number of carbonyl (C=O) groups is 1. The summed E-state index contributed by atoms with van der Waals surface area (Å²) < 4.78 is 31.2. The topological polar surface area (TPSA) is 38.3 Å². The maximum atomic E-state index is 13.5. The van der Waals surface area contributed by atoms with E-state index >= 15 is 0 Å². The number of hydrogen-bond acceptors (Lipinski definition) is 3. The van der Waals surface area contributed by atoms with Crippen LogP contribution in [0, 0.1) is 11.6 Å². The maximum Gasteiger partial charge on any atom is 0.328 e. The van der Waals surface area contributed by atoms with Gasteiger partial charge in [-0.3, -0.25) is 0 Å². The first kappa shape index (κ1) is 14.7. The van der Waals surface area contributed by atoms with Crippen molar-refractivity contribution >= 4 is 23.3 Å². The predicted molar refractivity (Wildman–Crippen MR) is 65.7 cm³/mol. The Bertz CT molecular complexity index is 417. The molecular formula is C12H14ClF2NO2. The lowest BCUT2D eigenvalue weighted by atomic mass is 10.2. The Morgan fingerprint density at radius 3 is 2.61 bits per heavy atom. The van der Waals surface area contributed by atoms with Gasteiger partial charge < -0.3 is 10.1 Å². The Morgan fingerprint density at radius 2 is 2.11 bits per heavy atom. The molecule has 0 heterocycles. The molecule has 0 aromatic heterocycles. The van der Waals surface area contributed by atoms with Gasteiger partial charge in [0.25, 0.3) is 0 Å². The lowest BCUT2D eigenvalue weighted by molar-refractivity contribution is -0.144. The summed E-state index contributed by atoms with van der Waals surface area (Å²) in [6.45, 7) is 3.65. The van der Waals surface area contributed by atoms with Crippen molar-refractivity contribution in [3.63, 3.8) is 0 Å². The Hall–Kier alpha value is -1.36. The second-order valence-electron chi connectivity index (χ2n) is 3.60. The number of nitrogens with one attached hydrogen (secondary N) is 1. The quantitative estimate of drug-likeness (QED) is 0.839. The highest BCUT2D eigenvalue weighted by atomic mass is 35.5. The van der Waals surface area contributed by atoms with Crippen LogP contribution in [0.4, 0.5) is 14.5 Å². The fraction of sp³-hybridized carbons (Fsp3) is 0.417. The standard InChI is InChI=1S/C12H14ClF2NO2/c1-3-10(12(17)18-4-2)16-11-8(13)5-7(14)6-9(11)15/h5-6,10,16H,3-4H2,1-2H3. The fourth-order valence-electron chi connectivity index (χ4n) is 1.42. The molecule has 1 atom stereocenters. The van der Waals surface area contributed by atoms with Crippen LogP contribution in [0.1, 0.15) is 20.3 Å². The van der Waals surface area contributed by atoms with Gasteiger partial charge in [0.2, 0.25) is 0 Å². The van der Waals surface area contributed by atoms with E-state index in [0.29, 0.717) is 12.5 Å². The fourth-order valence-corrected chi connectivity index (χ4v) is 1.67. The Morgan fingerprint density at radius 1 is 1.44 bits per heavy atom. The zero-order chi connectivity index (χ0) is 13.7. The summed E-state index contributed by atoms with van der Waals surface area (Å²) in [5, 5.41) is 2.51. The SMILES string of the molecule is CCOC(=O)C(CC)Nc1c(F)cc(F)cc1Cl. The van der Waals surface area contributed by atoms with Crippen LogP contribution in [-0.4, -0.2) is 18.6 Å². The van der Waals surface area contributed by atoms with E-state index in [-0.39, 0.29) is 17.3 Å². The molecule has 0 saturated carbocycles. The van der Waals surface area contributed by atoms with Gasteiger partial charge in [-0.05, 0) is 19.4 Å². The smallest absolute Gasteiger partial charge is 0.328 e. The van der Waals surface area contributed by atoms with E-state index in [9.17, 15) is 13.6 Å². The number of esters is 1. The van der Waals surface area contributed by atoms with Crippen LogP contribution in [-0.2, 0) is 9.53 Å². The van der Waals surface area contributed by atoms with Gasteiger partial charge in [0.1, 0.15) is 11.9 Å². The third-order valence-corrected chi connectivity index (χ3v) is 2.60. The third kappa shape index (κ3) is 3.57. The average Bonchev–Trinajstić information content (AvgIpc) is 2.28. The molecule has 1 N–H and O–H groups in total. The van der Waals surface area contributed by atoms with Crippen molar-refractivity contribution in [1.82, 2.24) is 0 Å². The molecule has 0 fully saturated rings. The minimum atomic E-state index is -0.845. The van der Waals surface area contributed by atoms with Gasteiger partial charge >= 0.3 is 5.97 Å². The number of hydrogen-bond donors (Lipinski definition) is 1. The Balaban J connectivity index is 2.92. The molecule has 0 spiro atoms. The molecule has 0 radical (unpaired) electrons. The van der Waals surface area contributed by atoms with E-state index in [0.717, 1.165) is 6.07 Å². The van der Waals surface area contributed by atoms with E-state index < -0.39 is 23.6 Å². The summed E-state index contributed by atoms with van der Waals surface area (Å²) in [4.78, 5) is 11.5. The number of benzene rings is 1. The average molecular weight is 278 g/mol. The molecule has 0 aliphatic carbocycles. The number of anilines is 1. The lowest BCUT2D eigenvalue weighted by Gasteiger charge is -2.18. The number of carbonyl (C=O) groups excluding carboxylic acids is 1. The van der Waals surface area contributed by atoms with Crippen LogP contribution in [0.3, 0.4) is 0 Å². The first-order chi connectivity index (χ1) is 8.49. The molecule has 0 aliphatic heterocycles. The minimum Gasteiger partial charge on any atom is -0.464 e. The summed E-state index contributed by atoms with van der Waals surface area (Å²) >= 11 is 5.72. The highest BCUT2D eigenvalue weighted by molar-refractivity contribution is 6.33. The first-order valence-corrected chi connectivity index (χ1v) is 5.95. The molecule has 1 aromatic rings. The molecule has 0 aliphatic rings. The Labute approximate surface area is 109 Å². The van der Waals surface area contributed by atoms with Crippen molar-refractivity contribution < 1.29 is 18.3 Å². The van der Waals surface area contributed by atoms with E-state index in [1.807, 2.05) is 0 Å². The summed E-state index contributed by atoms with van der Waals surface area (Å²) in [6.07, 6.45) is 0.395. The highest BCUT2D eigenvalue weighted by Gasteiger charge is 2.20. The molecular weight excluding hydrogens is 264 g/mol. The van der Waals surface area contributed by atoms with Crippen molar-refractivity contribution in [3.8, 4) is 0 Å².